The van der Waals surface area contributed by atoms with E-state index in [0.29, 0.717) is 0 Å². The monoisotopic (exact) mass is 652 g/mol. The predicted octanol–water partition coefficient (Wildman–Crippen LogP) is -2.78. The van der Waals surface area contributed by atoms with Gasteiger partial charge in [-0.05, 0) is 73.1 Å². The molecule has 0 aliphatic rings. The van der Waals surface area contributed by atoms with Crippen LogP contribution in [0.4, 0.5) is 0 Å². The number of unbranched alkanes of at least 4 members (excludes halogenated alkanes) is 1. The van der Waals surface area contributed by atoms with Crippen molar-refractivity contribution in [2.45, 2.75) is 98.8 Å². The Bertz CT molecular complexity index is 814. The van der Waals surface area contributed by atoms with Crippen molar-refractivity contribution in [1.29, 1.82) is 0 Å². The zero-order valence-corrected chi connectivity index (χ0v) is 31.0. The lowest BCUT2D eigenvalue weighted by Crippen LogP contribution is -3.00. The first kappa shape index (κ1) is 48.1. The molecule has 0 aromatic carbocycles. The first-order valence-electron chi connectivity index (χ1n) is 15.6. The smallest absolute Gasteiger partial charge is 0.243 e. The number of amides is 1. The third-order valence-corrected chi connectivity index (χ3v) is 7.56. The van der Waals surface area contributed by atoms with Gasteiger partial charge in [0.25, 0.3) is 0 Å². The van der Waals surface area contributed by atoms with Crippen molar-refractivity contribution in [1.82, 2.24) is 5.32 Å². The molecule has 0 fully saturated rings. The van der Waals surface area contributed by atoms with Crippen LogP contribution in [-0.2, 0) is 4.79 Å². The molecule has 0 saturated heterocycles. The average molecular weight is 654 g/mol. The maximum Gasteiger partial charge on any atom is 0.243 e. The SMILES string of the molecule is CC(C)=CCC/C(C)=C/CC/C(C)=C/CC/C(C)=C/C(=O)NCCC[N+](C)(C)CCCC[N+](C)(C)CCC[NH3+].[Cl-].[Cl-].[Cl-]. The van der Waals surface area contributed by atoms with Gasteiger partial charge in [-0.2, -0.15) is 0 Å². The Balaban J connectivity index is -0.00000241. The van der Waals surface area contributed by atoms with Gasteiger partial charge in [-0.25, -0.2) is 0 Å². The van der Waals surface area contributed by atoms with Crippen LogP contribution in [0.3, 0.4) is 0 Å². The number of halogens is 3. The van der Waals surface area contributed by atoms with Crippen LogP contribution in [0.5, 0.6) is 0 Å². The molecule has 0 heterocycles. The maximum absolute atomic E-state index is 12.3. The minimum atomic E-state index is 0. The van der Waals surface area contributed by atoms with Crippen molar-refractivity contribution in [2.75, 3.05) is 67.5 Å². The Morgan fingerprint density at radius 3 is 1.48 bits per heavy atom. The first-order valence-corrected chi connectivity index (χ1v) is 15.6. The summed E-state index contributed by atoms with van der Waals surface area (Å²) in [7, 11) is 9.30. The number of allylic oxidation sites excluding steroid dienone is 7. The number of nitrogens with zero attached hydrogens (tertiary/aromatic N) is 2. The normalized spacial score (nSPS) is 12.6. The van der Waals surface area contributed by atoms with E-state index in [1.54, 1.807) is 6.08 Å². The molecular weight excluding hydrogens is 587 g/mol. The highest BCUT2D eigenvalue weighted by Crippen LogP contribution is 2.13. The van der Waals surface area contributed by atoms with Crippen LogP contribution in [0.2, 0.25) is 0 Å². The zero-order valence-electron chi connectivity index (χ0n) is 28.8. The van der Waals surface area contributed by atoms with E-state index < -0.39 is 0 Å². The Morgan fingerprint density at radius 2 is 1.02 bits per heavy atom. The maximum atomic E-state index is 12.3. The highest BCUT2D eigenvalue weighted by molar-refractivity contribution is 5.88. The van der Waals surface area contributed by atoms with E-state index in [1.807, 2.05) is 0 Å². The van der Waals surface area contributed by atoms with Crippen molar-refractivity contribution in [3.05, 3.63) is 46.6 Å². The van der Waals surface area contributed by atoms with Gasteiger partial charge in [0.05, 0.1) is 60.9 Å². The van der Waals surface area contributed by atoms with E-state index in [9.17, 15) is 4.79 Å². The van der Waals surface area contributed by atoms with Crippen LogP contribution in [0.1, 0.15) is 98.8 Å². The van der Waals surface area contributed by atoms with Crippen molar-refractivity contribution in [2.24, 2.45) is 0 Å². The van der Waals surface area contributed by atoms with Gasteiger partial charge in [-0.1, -0.05) is 40.5 Å². The van der Waals surface area contributed by atoms with Crippen LogP contribution in [-0.4, -0.2) is 82.3 Å². The third kappa shape index (κ3) is 30.6. The van der Waals surface area contributed by atoms with Gasteiger partial charge < -0.3 is 57.2 Å². The molecule has 0 aliphatic carbocycles. The molecule has 0 aromatic rings. The first-order chi connectivity index (χ1) is 18.3. The zero-order chi connectivity index (χ0) is 29.7. The van der Waals surface area contributed by atoms with Gasteiger partial charge in [0.2, 0.25) is 5.91 Å². The largest absolute Gasteiger partial charge is 1.00 e. The van der Waals surface area contributed by atoms with Crippen molar-refractivity contribution in [3.63, 3.8) is 0 Å². The lowest BCUT2D eigenvalue weighted by atomic mass is 10.0. The Labute approximate surface area is 279 Å². The van der Waals surface area contributed by atoms with E-state index in [1.165, 1.54) is 55.6 Å². The third-order valence-electron chi connectivity index (χ3n) is 7.56. The lowest BCUT2D eigenvalue weighted by molar-refractivity contribution is -0.897. The summed E-state index contributed by atoms with van der Waals surface area (Å²) in [6, 6.07) is 0. The molecule has 0 radical (unpaired) electrons. The fraction of sp³-hybridized carbons (Fsp3) is 0.735. The predicted molar refractivity (Wildman–Crippen MR) is 171 cm³/mol. The van der Waals surface area contributed by atoms with Crippen LogP contribution in [0.15, 0.2) is 46.6 Å². The minimum absolute atomic E-state index is 0. The van der Waals surface area contributed by atoms with E-state index in [0.717, 1.165) is 79.1 Å². The van der Waals surface area contributed by atoms with E-state index in [4.69, 9.17) is 0 Å². The molecule has 250 valence electrons. The molecule has 0 aromatic heterocycles. The molecule has 0 spiro atoms. The fourth-order valence-electron chi connectivity index (χ4n) is 4.79. The second-order valence-electron chi connectivity index (χ2n) is 13.3. The molecule has 0 rings (SSSR count). The summed E-state index contributed by atoms with van der Waals surface area (Å²) in [4.78, 5) is 12.3. The van der Waals surface area contributed by atoms with Crippen LogP contribution in [0, 0.1) is 0 Å². The van der Waals surface area contributed by atoms with Gasteiger partial charge in [0.1, 0.15) is 0 Å². The molecule has 0 aliphatic heterocycles. The summed E-state index contributed by atoms with van der Waals surface area (Å²) in [6.45, 7) is 17.4. The number of carbonyl (C=O) groups is 1. The molecule has 42 heavy (non-hydrogen) atoms. The number of rotatable bonds is 22. The highest BCUT2D eigenvalue weighted by Gasteiger charge is 2.17. The van der Waals surface area contributed by atoms with Crippen LogP contribution in [0.25, 0.3) is 0 Å². The number of quaternary nitrogens is 3. The second-order valence-corrected chi connectivity index (χ2v) is 13.3. The van der Waals surface area contributed by atoms with E-state index >= 15 is 0 Å². The number of hydrogen-bond donors (Lipinski definition) is 2. The average Bonchev–Trinajstić information content (AvgIpc) is 2.83. The summed E-state index contributed by atoms with van der Waals surface area (Å²) in [5.41, 5.74) is 9.45. The fourth-order valence-corrected chi connectivity index (χ4v) is 4.79. The highest BCUT2D eigenvalue weighted by atomic mass is 35.5. The lowest BCUT2D eigenvalue weighted by Gasteiger charge is -2.32. The Morgan fingerprint density at radius 1 is 0.619 bits per heavy atom. The molecule has 4 N–H and O–H groups in total. The molecule has 0 saturated carbocycles. The quantitative estimate of drug-likeness (QED) is 0.0565. The summed E-state index contributed by atoms with van der Waals surface area (Å²) in [6.07, 6.45) is 20.1. The number of nitrogens with one attached hydrogen (secondary N) is 1. The second kappa shape index (κ2) is 27.7. The summed E-state index contributed by atoms with van der Waals surface area (Å²) >= 11 is 0. The van der Waals surface area contributed by atoms with Crippen molar-refractivity contribution >= 4 is 5.91 Å². The van der Waals surface area contributed by atoms with Gasteiger partial charge in [-0.15, -0.1) is 0 Å². The summed E-state index contributed by atoms with van der Waals surface area (Å²) in [5.74, 6) is 0.0505. The minimum Gasteiger partial charge on any atom is -1.00 e. The molecule has 8 heteroatoms. The standard InChI is InChI=1S/C34H65N4O.3ClH/c1-30(2)17-12-18-31(3)19-13-20-32(4)21-14-22-33(5)29-34(39)36-24-16-28-38(8,9)26-11-10-25-37(6,7)27-15-23-35;;;/h17,19,21,29H,10-16,18,20,22-28,35H2,1-9H3;3*1H/q+1;;;/p-1/b31-19+,32-21+,33-29+;;;. The Kier molecular flexibility index (Phi) is 31.7. The molecule has 5 nitrogen and oxygen atoms in total. The topological polar surface area (TPSA) is 56.7 Å². The molecule has 0 unspecified atom stereocenters. The van der Waals surface area contributed by atoms with Gasteiger partial charge >= 0.3 is 0 Å². The molecule has 0 bridgehead atoms. The van der Waals surface area contributed by atoms with Gasteiger partial charge in [0, 0.05) is 38.3 Å². The van der Waals surface area contributed by atoms with Crippen LogP contribution >= 0.6 is 0 Å². The molecular formula is C34H67Cl3N4O. The molecule has 0 atom stereocenters. The van der Waals surface area contributed by atoms with Crippen molar-refractivity contribution in [3.8, 4) is 0 Å². The van der Waals surface area contributed by atoms with Gasteiger partial charge in [0.15, 0.2) is 0 Å². The van der Waals surface area contributed by atoms with Crippen molar-refractivity contribution < 1.29 is 56.7 Å². The Hall–Kier alpha value is -0.820. The van der Waals surface area contributed by atoms with Crippen LogP contribution < -0.4 is 48.3 Å². The number of hydrogen-bond acceptors (Lipinski definition) is 1. The molecule has 1 amide bonds. The van der Waals surface area contributed by atoms with E-state index in [-0.39, 0.29) is 43.1 Å². The number of carbonyl (C=O) groups excluding carboxylic acids is 1. The summed E-state index contributed by atoms with van der Waals surface area (Å²) in [5, 5.41) is 3.09. The van der Waals surface area contributed by atoms with E-state index in [2.05, 4.69) is 92.1 Å². The van der Waals surface area contributed by atoms with Gasteiger partial charge in [-0.3, -0.25) is 4.79 Å². The summed E-state index contributed by atoms with van der Waals surface area (Å²) < 4.78 is 2.13.